The second-order valence-electron chi connectivity index (χ2n) is 6.63. The number of hydrogen-bond acceptors (Lipinski definition) is 4. The number of hydrogen-bond donors (Lipinski definition) is 1. The topological polar surface area (TPSA) is 66.8 Å². The van der Waals surface area contributed by atoms with E-state index < -0.39 is 12.3 Å². The fourth-order valence-corrected chi connectivity index (χ4v) is 3.17. The predicted molar refractivity (Wildman–Crippen MR) is 107 cm³/mol. The number of rotatable bonds is 7. The molecule has 1 aliphatic rings. The Hall–Kier alpha value is -3.25. The van der Waals surface area contributed by atoms with Gasteiger partial charge in [-0.05, 0) is 48.3 Å². The highest BCUT2D eigenvalue weighted by Crippen LogP contribution is 2.26. The number of aliphatic hydroxyl groups is 1. The lowest BCUT2D eigenvalue weighted by molar-refractivity contribution is -0.141. The second kappa shape index (κ2) is 9.80. The van der Waals surface area contributed by atoms with Crippen LogP contribution >= 0.6 is 0 Å². The average molecular weight is 395 g/mol. The van der Waals surface area contributed by atoms with Gasteiger partial charge in [0.15, 0.2) is 6.29 Å². The zero-order valence-electron chi connectivity index (χ0n) is 15.8. The SMILES string of the molecule is O=CC1OC=CC=C(c2ccccc2)N1C(=O)CCC[C@H](O)c1ccc(F)cc1. The van der Waals surface area contributed by atoms with E-state index in [0.29, 0.717) is 30.4 Å². The van der Waals surface area contributed by atoms with Crippen LogP contribution in [0.25, 0.3) is 5.70 Å². The number of aliphatic hydroxyl groups excluding tert-OH is 1. The van der Waals surface area contributed by atoms with Crippen molar-refractivity contribution < 1.29 is 23.8 Å². The zero-order chi connectivity index (χ0) is 20.6. The zero-order valence-corrected chi connectivity index (χ0v) is 15.8. The van der Waals surface area contributed by atoms with Crippen LogP contribution in [-0.2, 0) is 14.3 Å². The number of carbonyl (C=O) groups is 2. The molecule has 0 spiro atoms. The second-order valence-corrected chi connectivity index (χ2v) is 6.63. The van der Waals surface area contributed by atoms with Crippen molar-refractivity contribution >= 4 is 17.9 Å². The molecule has 1 amide bonds. The predicted octanol–water partition coefficient (Wildman–Crippen LogP) is 3.97. The highest BCUT2D eigenvalue weighted by molar-refractivity contribution is 5.90. The Morgan fingerprint density at radius 2 is 1.90 bits per heavy atom. The lowest BCUT2D eigenvalue weighted by Crippen LogP contribution is -2.40. The van der Waals surface area contributed by atoms with E-state index in [1.54, 1.807) is 12.2 Å². The molecular formula is C23H22FNO4. The van der Waals surface area contributed by atoms with Crippen molar-refractivity contribution in [3.63, 3.8) is 0 Å². The van der Waals surface area contributed by atoms with Gasteiger partial charge in [0.1, 0.15) is 5.82 Å². The third-order valence-electron chi connectivity index (χ3n) is 4.64. The number of ether oxygens (including phenoxy) is 1. The number of halogens is 1. The van der Waals surface area contributed by atoms with Gasteiger partial charge < -0.3 is 9.84 Å². The maximum Gasteiger partial charge on any atom is 0.234 e. The molecule has 0 aliphatic carbocycles. The minimum absolute atomic E-state index is 0.121. The highest BCUT2D eigenvalue weighted by atomic mass is 19.1. The Balaban J connectivity index is 1.69. The van der Waals surface area contributed by atoms with E-state index in [2.05, 4.69) is 0 Å². The highest BCUT2D eigenvalue weighted by Gasteiger charge is 2.29. The Morgan fingerprint density at radius 1 is 1.17 bits per heavy atom. The summed E-state index contributed by atoms with van der Waals surface area (Å²) in [6.07, 6.45) is 4.33. The van der Waals surface area contributed by atoms with Crippen molar-refractivity contribution in [2.45, 2.75) is 31.6 Å². The van der Waals surface area contributed by atoms with Crippen molar-refractivity contribution in [3.05, 3.63) is 90.0 Å². The number of aldehydes is 1. The van der Waals surface area contributed by atoms with E-state index in [-0.39, 0.29) is 18.1 Å². The molecule has 29 heavy (non-hydrogen) atoms. The summed E-state index contributed by atoms with van der Waals surface area (Å²) in [5.74, 6) is -0.654. The van der Waals surface area contributed by atoms with E-state index in [1.807, 2.05) is 30.3 Å². The van der Waals surface area contributed by atoms with Crippen molar-refractivity contribution in [2.75, 3.05) is 0 Å². The first-order valence-electron chi connectivity index (χ1n) is 9.39. The Morgan fingerprint density at radius 3 is 2.59 bits per heavy atom. The van der Waals surface area contributed by atoms with Crippen molar-refractivity contribution in [1.29, 1.82) is 0 Å². The molecule has 1 N–H and O–H groups in total. The molecule has 1 unspecified atom stereocenters. The van der Waals surface area contributed by atoms with Gasteiger partial charge in [-0.3, -0.25) is 14.5 Å². The molecule has 2 atom stereocenters. The molecule has 3 rings (SSSR count). The third kappa shape index (κ3) is 5.18. The largest absolute Gasteiger partial charge is 0.471 e. The summed E-state index contributed by atoms with van der Waals surface area (Å²) in [5.41, 5.74) is 1.95. The van der Waals surface area contributed by atoms with Gasteiger partial charge in [-0.1, -0.05) is 42.5 Å². The van der Waals surface area contributed by atoms with Gasteiger partial charge in [0.2, 0.25) is 12.1 Å². The van der Waals surface area contributed by atoms with Gasteiger partial charge in [0.25, 0.3) is 0 Å². The van der Waals surface area contributed by atoms with Crippen LogP contribution in [0.4, 0.5) is 4.39 Å². The summed E-state index contributed by atoms with van der Waals surface area (Å²) in [7, 11) is 0. The molecule has 0 saturated carbocycles. The molecule has 1 aliphatic heterocycles. The van der Waals surface area contributed by atoms with E-state index >= 15 is 0 Å². The van der Waals surface area contributed by atoms with E-state index in [0.717, 1.165) is 5.56 Å². The fraction of sp³-hybridized carbons (Fsp3) is 0.217. The van der Waals surface area contributed by atoms with Crippen LogP contribution in [0.15, 0.2) is 73.0 Å². The maximum atomic E-state index is 13.0. The summed E-state index contributed by atoms with van der Waals surface area (Å²) in [6.45, 7) is 0. The molecule has 2 aromatic carbocycles. The minimum Gasteiger partial charge on any atom is -0.471 e. The molecule has 0 bridgehead atoms. The van der Waals surface area contributed by atoms with Gasteiger partial charge >= 0.3 is 0 Å². The standard InChI is InChI=1S/C23H22FNO4/c24-19-13-11-18(12-14-19)21(27)9-4-10-22(28)25-20(17-6-2-1-3-7-17)8-5-15-29-23(25)16-26/h1-3,5-8,11-16,21,23,27H,4,9-10H2/t21-,23?/m0/s1. The summed E-state index contributed by atoms with van der Waals surface area (Å²) < 4.78 is 18.4. The third-order valence-corrected chi connectivity index (χ3v) is 4.64. The van der Waals surface area contributed by atoms with E-state index in [9.17, 15) is 19.1 Å². The number of nitrogens with zero attached hydrogens (tertiary/aromatic N) is 1. The first-order valence-corrected chi connectivity index (χ1v) is 9.39. The lowest BCUT2D eigenvalue weighted by atomic mass is 10.0. The summed E-state index contributed by atoms with van der Waals surface area (Å²) in [4.78, 5) is 25.8. The first-order chi connectivity index (χ1) is 14.1. The van der Waals surface area contributed by atoms with Gasteiger partial charge in [0.05, 0.1) is 18.1 Å². The van der Waals surface area contributed by atoms with Crippen LogP contribution in [0.2, 0.25) is 0 Å². The molecule has 150 valence electrons. The number of benzene rings is 2. The number of allylic oxidation sites excluding steroid dienone is 2. The smallest absolute Gasteiger partial charge is 0.234 e. The Bertz CT molecular complexity index is 893. The van der Waals surface area contributed by atoms with Gasteiger partial charge in [-0.2, -0.15) is 0 Å². The fourth-order valence-electron chi connectivity index (χ4n) is 3.17. The molecule has 0 radical (unpaired) electrons. The summed E-state index contributed by atoms with van der Waals surface area (Å²) in [5, 5.41) is 10.3. The Kier molecular flexibility index (Phi) is 6.92. The molecular weight excluding hydrogens is 373 g/mol. The van der Waals surface area contributed by atoms with E-state index in [1.165, 1.54) is 35.4 Å². The summed E-state index contributed by atoms with van der Waals surface area (Å²) in [6, 6.07) is 14.9. The number of amides is 1. The van der Waals surface area contributed by atoms with Gasteiger partial charge in [-0.15, -0.1) is 0 Å². The van der Waals surface area contributed by atoms with E-state index in [4.69, 9.17) is 4.74 Å². The monoisotopic (exact) mass is 395 g/mol. The van der Waals surface area contributed by atoms with Crippen molar-refractivity contribution in [1.82, 2.24) is 4.90 Å². The molecule has 6 heteroatoms. The van der Waals surface area contributed by atoms with Gasteiger partial charge in [0, 0.05) is 6.42 Å². The van der Waals surface area contributed by atoms with Crippen LogP contribution in [-0.4, -0.2) is 28.4 Å². The summed E-state index contributed by atoms with van der Waals surface area (Å²) >= 11 is 0. The maximum absolute atomic E-state index is 13.0. The van der Waals surface area contributed by atoms with Crippen molar-refractivity contribution in [3.8, 4) is 0 Å². The average Bonchev–Trinajstić information content (AvgIpc) is 2.97. The van der Waals surface area contributed by atoms with Crippen LogP contribution in [0.3, 0.4) is 0 Å². The van der Waals surface area contributed by atoms with Crippen LogP contribution in [0, 0.1) is 5.82 Å². The molecule has 0 saturated heterocycles. The molecule has 1 heterocycles. The normalized spacial score (nSPS) is 17.1. The van der Waals surface area contributed by atoms with Crippen molar-refractivity contribution in [2.24, 2.45) is 0 Å². The molecule has 5 nitrogen and oxygen atoms in total. The first kappa shape index (κ1) is 20.5. The minimum atomic E-state index is -1.06. The Labute approximate surface area is 168 Å². The van der Waals surface area contributed by atoms with Crippen LogP contribution in [0.1, 0.15) is 36.5 Å². The quantitative estimate of drug-likeness (QED) is 0.721. The molecule has 0 aromatic heterocycles. The van der Waals surface area contributed by atoms with Crippen LogP contribution < -0.4 is 0 Å². The number of carbonyl (C=O) groups excluding carboxylic acids is 2. The lowest BCUT2D eigenvalue weighted by Gasteiger charge is -2.29. The van der Waals surface area contributed by atoms with Crippen LogP contribution in [0.5, 0.6) is 0 Å². The van der Waals surface area contributed by atoms with Gasteiger partial charge in [-0.25, -0.2) is 4.39 Å². The molecule has 0 fully saturated rings. The molecule has 2 aromatic rings.